The summed E-state index contributed by atoms with van der Waals surface area (Å²) in [4.78, 5) is 17.1. The monoisotopic (exact) mass is 438 g/mol. The summed E-state index contributed by atoms with van der Waals surface area (Å²) in [5.74, 6) is -0.0289. The van der Waals surface area contributed by atoms with Crippen LogP contribution in [0.15, 0.2) is 12.1 Å². The number of likely N-dealkylation sites (tertiary alicyclic amines) is 1. The van der Waals surface area contributed by atoms with Crippen LogP contribution in [0.2, 0.25) is 0 Å². The third kappa shape index (κ3) is 5.77. The van der Waals surface area contributed by atoms with Gasteiger partial charge in [0.2, 0.25) is 5.91 Å². The highest BCUT2D eigenvalue weighted by Gasteiger charge is 2.39. The minimum atomic E-state index is -4.98. The second-order valence-corrected chi connectivity index (χ2v) is 8.07. The Morgan fingerprint density at radius 2 is 1.50 bits per heavy atom. The molecule has 0 radical (unpaired) electrons. The average Bonchev–Trinajstić information content (AvgIpc) is 3.08. The maximum absolute atomic E-state index is 12.9. The zero-order valence-corrected chi connectivity index (χ0v) is 16.4. The van der Waals surface area contributed by atoms with Crippen molar-refractivity contribution in [2.24, 2.45) is 5.92 Å². The molecule has 168 valence electrons. The molecule has 30 heavy (non-hydrogen) atoms. The lowest BCUT2D eigenvalue weighted by Gasteiger charge is -2.31. The lowest BCUT2D eigenvalue weighted by molar-refractivity contribution is -0.150. The van der Waals surface area contributed by atoms with Crippen LogP contribution in [0.3, 0.4) is 0 Å². The van der Waals surface area contributed by atoms with E-state index in [1.54, 1.807) is 0 Å². The van der Waals surface area contributed by atoms with Crippen molar-refractivity contribution in [1.29, 1.82) is 0 Å². The van der Waals surface area contributed by atoms with Crippen molar-refractivity contribution in [3.05, 3.63) is 23.5 Å². The summed E-state index contributed by atoms with van der Waals surface area (Å²) in [6, 6.07) is 0.884. The lowest BCUT2D eigenvalue weighted by Crippen LogP contribution is -2.43. The van der Waals surface area contributed by atoms with Gasteiger partial charge in [-0.15, -0.1) is 0 Å². The SMILES string of the molecule is CN1CCC(C(=O)N[C@H]2CC[C@@H](Nc3cc(C(F)(F)F)nc(C(F)(F)F)c3)CC2)C1. The molecule has 0 aromatic carbocycles. The third-order valence-electron chi connectivity index (χ3n) is 5.61. The number of halogens is 6. The molecule has 1 atom stereocenters. The Balaban J connectivity index is 1.58. The topological polar surface area (TPSA) is 57.3 Å². The molecule has 2 aliphatic rings. The van der Waals surface area contributed by atoms with Crippen LogP contribution in [0.25, 0.3) is 0 Å². The van der Waals surface area contributed by atoms with Crippen molar-refractivity contribution in [3.63, 3.8) is 0 Å². The first-order valence-corrected chi connectivity index (χ1v) is 9.84. The number of pyridine rings is 1. The van der Waals surface area contributed by atoms with Gasteiger partial charge in [0.05, 0.1) is 5.92 Å². The van der Waals surface area contributed by atoms with E-state index in [9.17, 15) is 31.1 Å². The van der Waals surface area contributed by atoms with Crippen LogP contribution in [-0.2, 0) is 17.1 Å². The zero-order chi connectivity index (χ0) is 22.1. The summed E-state index contributed by atoms with van der Waals surface area (Å²) in [5, 5.41) is 5.80. The van der Waals surface area contributed by atoms with E-state index in [1.165, 1.54) is 0 Å². The number of aromatic nitrogens is 1. The van der Waals surface area contributed by atoms with Gasteiger partial charge in [-0.05, 0) is 57.8 Å². The second kappa shape index (κ2) is 8.60. The molecule has 5 nitrogen and oxygen atoms in total. The molecule has 1 saturated carbocycles. The average molecular weight is 438 g/mol. The molecule has 2 N–H and O–H groups in total. The molecule has 1 aliphatic carbocycles. The van der Waals surface area contributed by atoms with Gasteiger partial charge in [-0.1, -0.05) is 0 Å². The van der Waals surface area contributed by atoms with Gasteiger partial charge in [0.1, 0.15) is 11.4 Å². The molecule has 3 rings (SSSR count). The van der Waals surface area contributed by atoms with Gasteiger partial charge in [0.15, 0.2) is 0 Å². The predicted molar refractivity (Wildman–Crippen MR) is 97.7 cm³/mol. The fourth-order valence-corrected chi connectivity index (χ4v) is 3.99. The van der Waals surface area contributed by atoms with Crippen molar-refractivity contribution in [2.45, 2.75) is 56.5 Å². The Hall–Kier alpha value is -2.04. The standard InChI is InChI=1S/C19H24F6N4O/c1-29-7-6-11(10-29)17(30)27-13-4-2-12(3-5-13)26-14-8-15(18(20,21)22)28-16(9-14)19(23,24)25/h8-9,11-13H,2-7,10H2,1H3,(H,26,28)(H,27,30)/t11?,12-,13+. The van der Waals surface area contributed by atoms with Crippen LogP contribution < -0.4 is 10.6 Å². The van der Waals surface area contributed by atoms with E-state index in [-0.39, 0.29) is 29.6 Å². The quantitative estimate of drug-likeness (QED) is 0.700. The highest BCUT2D eigenvalue weighted by Crippen LogP contribution is 2.35. The fraction of sp³-hybridized carbons (Fsp3) is 0.684. The highest BCUT2D eigenvalue weighted by molar-refractivity contribution is 5.79. The number of hydrogen-bond acceptors (Lipinski definition) is 4. The maximum Gasteiger partial charge on any atom is 0.433 e. The van der Waals surface area contributed by atoms with Gasteiger partial charge in [-0.3, -0.25) is 4.79 Å². The number of carbonyl (C=O) groups is 1. The summed E-state index contributed by atoms with van der Waals surface area (Å²) in [6.45, 7) is 1.59. The van der Waals surface area contributed by atoms with Crippen molar-refractivity contribution >= 4 is 11.6 Å². The van der Waals surface area contributed by atoms with Crippen molar-refractivity contribution in [2.75, 3.05) is 25.5 Å². The maximum atomic E-state index is 12.9. The van der Waals surface area contributed by atoms with Crippen LogP contribution in [0, 0.1) is 5.92 Å². The fourth-order valence-electron chi connectivity index (χ4n) is 3.99. The predicted octanol–water partition coefficient (Wildman–Crippen LogP) is 3.91. The normalized spacial score (nSPS) is 25.9. The zero-order valence-electron chi connectivity index (χ0n) is 16.4. The Morgan fingerprint density at radius 1 is 0.967 bits per heavy atom. The Kier molecular flexibility index (Phi) is 6.49. The number of hydrogen-bond donors (Lipinski definition) is 2. The first-order valence-electron chi connectivity index (χ1n) is 9.84. The van der Waals surface area contributed by atoms with E-state index in [2.05, 4.69) is 20.5 Å². The largest absolute Gasteiger partial charge is 0.433 e. The third-order valence-corrected chi connectivity index (χ3v) is 5.61. The van der Waals surface area contributed by atoms with E-state index < -0.39 is 23.7 Å². The minimum absolute atomic E-state index is 0.00882. The molecule has 1 amide bonds. The summed E-state index contributed by atoms with van der Waals surface area (Å²) >= 11 is 0. The van der Waals surface area contributed by atoms with Gasteiger partial charge in [0.25, 0.3) is 0 Å². The summed E-state index contributed by atoms with van der Waals surface area (Å²) in [5.41, 5.74) is -3.42. The van der Waals surface area contributed by atoms with Crippen molar-refractivity contribution in [1.82, 2.24) is 15.2 Å². The summed E-state index contributed by atoms with van der Waals surface area (Å²) in [6.07, 6.45) is -6.88. The van der Waals surface area contributed by atoms with Crippen LogP contribution in [0.4, 0.5) is 32.0 Å². The molecule has 2 heterocycles. The molecule has 11 heteroatoms. The molecule has 0 spiro atoms. The van der Waals surface area contributed by atoms with Gasteiger partial charge >= 0.3 is 12.4 Å². The number of amides is 1. The van der Waals surface area contributed by atoms with E-state index in [0.717, 1.165) is 13.0 Å². The van der Waals surface area contributed by atoms with E-state index in [4.69, 9.17) is 0 Å². The van der Waals surface area contributed by atoms with Gasteiger partial charge in [-0.25, -0.2) is 4.98 Å². The number of rotatable bonds is 4. The second-order valence-electron chi connectivity index (χ2n) is 8.07. The first kappa shape index (κ1) is 22.6. The number of nitrogens with one attached hydrogen (secondary N) is 2. The number of nitrogens with zero attached hydrogens (tertiary/aromatic N) is 2. The van der Waals surface area contributed by atoms with E-state index >= 15 is 0 Å². The highest BCUT2D eigenvalue weighted by atomic mass is 19.4. The smallest absolute Gasteiger partial charge is 0.382 e. The molecule has 1 unspecified atom stereocenters. The number of anilines is 1. The number of carbonyl (C=O) groups excluding carboxylic acids is 1. The summed E-state index contributed by atoms with van der Waals surface area (Å²) in [7, 11) is 1.96. The molecule has 1 aromatic heterocycles. The number of alkyl halides is 6. The van der Waals surface area contributed by atoms with Gasteiger partial charge < -0.3 is 15.5 Å². The van der Waals surface area contributed by atoms with Crippen molar-refractivity contribution < 1.29 is 31.1 Å². The van der Waals surface area contributed by atoms with Crippen molar-refractivity contribution in [3.8, 4) is 0 Å². The van der Waals surface area contributed by atoms with Gasteiger partial charge in [0, 0.05) is 24.3 Å². The van der Waals surface area contributed by atoms with E-state index in [1.807, 2.05) is 7.05 Å². The molecule has 0 bridgehead atoms. The van der Waals surface area contributed by atoms with Crippen LogP contribution in [-0.4, -0.2) is 48.0 Å². The molecule has 1 saturated heterocycles. The van der Waals surface area contributed by atoms with Crippen LogP contribution in [0.5, 0.6) is 0 Å². The molecule has 1 aromatic rings. The minimum Gasteiger partial charge on any atom is -0.382 e. The van der Waals surface area contributed by atoms with E-state index in [0.29, 0.717) is 44.4 Å². The Morgan fingerprint density at radius 3 is 1.97 bits per heavy atom. The molecular formula is C19H24F6N4O. The van der Waals surface area contributed by atoms with Crippen LogP contribution in [0.1, 0.15) is 43.5 Å². The van der Waals surface area contributed by atoms with Crippen LogP contribution >= 0.6 is 0 Å². The molecule has 1 aliphatic heterocycles. The lowest BCUT2D eigenvalue weighted by atomic mass is 9.90. The Labute approximate surface area is 170 Å². The summed E-state index contributed by atoms with van der Waals surface area (Å²) < 4.78 is 77.6. The molecule has 2 fully saturated rings. The molecular weight excluding hydrogens is 414 g/mol. The van der Waals surface area contributed by atoms with Gasteiger partial charge in [-0.2, -0.15) is 26.3 Å². The first-order chi connectivity index (χ1) is 13.9. The Bertz CT molecular complexity index is 726.